The molecule has 2 atom stereocenters. The van der Waals surface area contributed by atoms with E-state index in [2.05, 4.69) is 0 Å². The number of alkyl halides is 6. The number of benzene rings is 1. The van der Waals surface area contributed by atoms with E-state index in [4.69, 9.17) is 10.4 Å². The lowest BCUT2D eigenvalue weighted by molar-refractivity contribution is -0.143. The molecule has 1 aromatic rings. The van der Waals surface area contributed by atoms with E-state index < -0.39 is 59.3 Å². The van der Waals surface area contributed by atoms with E-state index in [0.29, 0.717) is 12.1 Å². The van der Waals surface area contributed by atoms with Gasteiger partial charge in [-0.25, -0.2) is 4.79 Å². The molecule has 2 N–H and O–H groups in total. The molecule has 0 aliphatic rings. The minimum atomic E-state index is -5.06. The van der Waals surface area contributed by atoms with Crippen molar-refractivity contribution >= 4 is 11.9 Å². The molecule has 1 amide bonds. The van der Waals surface area contributed by atoms with Crippen molar-refractivity contribution in [3.05, 3.63) is 34.9 Å². The van der Waals surface area contributed by atoms with Crippen LogP contribution in [0.4, 0.5) is 26.3 Å². The number of nitrogens with one attached hydrogen (secondary N) is 1. The zero-order valence-electron chi connectivity index (χ0n) is 13.8. The fraction of sp³-hybridized carbons (Fsp3) is 0.438. The van der Waals surface area contributed by atoms with Crippen LogP contribution in [-0.2, 0) is 28.4 Å². The Morgan fingerprint density at radius 2 is 1.59 bits per heavy atom. The van der Waals surface area contributed by atoms with Gasteiger partial charge >= 0.3 is 18.3 Å². The van der Waals surface area contributed by atoms with Crippen molar-refractivity contribution in [3.63, 3.8) is 0 Å². The highest BCUT2D eigenvalue weighted by atomic mass is 19.4. The molecule has 11 heteroatoms. The summed E-state index contributed by atoms with van der Waals surface area (Å²) in [5.74, 6) is -3.38. The number of hydrogen-bond acceptors (Lipinski definition) is 3. The number of carbonyl (C=O) groups is 2. The molecule has 148 valence electrons. The normalized spacial score (nSPS) is 14.1. The maximum atomic E-state index is 12.8. The first-order valence-corrected chi connectivity index (χ1v) is 7.43. The standard InChI is InChI=1S/C16H14F6N2O3/c1-8(2-3-23)13(14(26)27)24-12(25)6-9-4-10(15(17,18)19)7-11(5-9)16(20,21)22/h4-5,7-8,13H,2,6H2,1H3,(H,24,25)(H,26,27)/t8-,13+/m1/s1. The van der Waals surface area contributed by atoms with Gasteiger partial charge in [0.25, 0.3) is 0 Å². The molecule has 0 unspecified atom stereocenters. The monoisotopic (exact) mass is 396 g/mol. The van der Waals surface area contributed by atoms with Gasteiger partial charge in [0.1, 0.15) is 6.04 Å². The summed E-state index contributed by atoms with van der Waals surface area (Å²) in [6, 6.07) is 0.911. The van der Waals surface area contributed by atoms with Gasteiger partial charge in [0, 0.05) is 12.3 Å². The zero-order chi connectivity index (χ0) is 21.0. The molecule has 0 saturated heterocycles. The van der Waals surface area contributed by atoms with E-state index in [1.807, 2.05) is 5.32 Å². The first-order chi connectivity index (χ1) is 12.3. The second-order valence-corrected chi connectivity index (χ2v) is 5.81. The molecule has 0 saturated carbocycles. The number of aliphatic carboxylic acids is 1. The first-order valence-electron chi connectivity index (χ1n) is 7.43. The van der Waals surface area contributed by atoms with Crippen LogP contribution in [0.5, 0.6) is 0 Å². The van der Waals surface area contributed by atoms with Crippen molar-refractivity contribution in [2.45, 2.75) is 38.2 Å². The van der Waals surface area contributed by atoms with Crippen molar-refractivity contribution in [2.75, 3.05) is 0 Å². The van der Waals surface area contributed by atoms with Crippen LogP contribution in [0.2, 0.25) is 0 Å². The van der Waals surface area contributed by atoms with Crippen molar-refractivity contribution < 1.29 is 41.0 Å². The number of nitrogens with zero attached hydrogens (tertiary/aromatic N) is 1. The van der Waals surface area contributed by atoms with Crippen LogP contribution in [0.3, 0.4) is 0 Å². The molecular formula is C16H14F6N2O3. The minimum Gasteiger partial charge on any atom is -0.480 e. The number of carboxylic acid groups (broad SMARTS) is 1. The summed E-state index contributed by atoms with van der Waals surface area (Å²) in [5.41, 5.74) is -3.73. The van der Waals surface area contributed by atoms with Crippen molar-refractivity contribution in [1.29, 1.82) is 5.26 Å². The van der Waals surface area contributed by atoms with Gasteiger partial charge in [0.2, 0.25) is 5.91 Å². The molecule has 1 rings (SSSR count). The van der Waals surface area contributed by atoms with Crippen LogP contribution in [0.1, 0.15) is 30.0 Å². The zero-order valence-corrected chi connectivity index (χ0v) is 13.8. The number of halogens is 6. The molecule has 0 radical (unpaired) electrons. The summed E-state index contributed by atoms with van der Waals surface area (Å²) in [7, 11) is 0. The molecule has 0 aliphatic carbocycles. The van der Waals surface area contributed by atoms with Gasteiger partial charge in [-0.05, 0) is 23.8 Å². The van der Waals surface area contributed by atoms with E-state index in [0.717, 1.165) is 0 Å². The number of nitriles is 1. The predicted octanol–water partition coefficient (Wildman–Crippen LogP) is 3.39. The number of hydrogen-bond donors (Lipinski definition) is 2. The van der Waals surface area contributed by atoms with E-state index in [-0.39, 0.29) is 12.5 Å². The summed E-state index contributed by atoms with van der Waals surface area (Å²) in [5, 5.41) is 19.7. The number of rotatable bonds is 6. The maximum Gasteiger partial charge on any atom is 0.416 e. The molecule has 0 fully saturated rings. The molecule has 0 bridgehead atoms. The highest BCUT2D eigenvalue weighted by molar-refractivity contribution is 5.85. The predicted molar refractivity (Wildman–Crippen MR) is 79.1 cm³/mol. The fourth-order valence-electron chi connectivity index (χ4n) is 2.24. The van der Waals surface area contributed by atoms with Crippen molar-refractivity contribution in [2.24, 2.45) is 5.92 Å². The van der Waals surface area contributed by atoms with Crippen molar-refractivity contribution in [3.8, 4) is 6.07 Å². The second-order valence-electron chi connectivity index (χ2n) is 5.81. The molecule has 0 aliphatic heterocycles. The van der Waals surface area contributed by atoms with Gasteiger partial charge in [-0.3, -0.25) is 4.79 Å². The van der Waals surface area contributed by atoms with Gasteiger partial charge in [0.15, 0.2) is 0 Å². The third-order valence-electron chi connectivity index (χ3n) is 3.58. The summed E-state index contributed by atoms with van der Waals surface area (Å²) in [4.78, 5) is 23.1. The average molecular weight is 396 g/mol. The summed E-state index contributed by atoms with van der Waals surface area (Å²) in [6.45, 7) is 1.36. The third kappa shape index (κ3) is 6.47. The van der Waals surface area contributed by atoms with E-state index in [1.165, 1.54) is 6.92 Å². The molecule has 1 aromatic carbocycles. The Hall–Kier alpha value is -2.77. The lowest BCUT2D eigenvalue weighted by atomic mass is 9.98. The third-order valence-corrected chi connectivity index (χ3v) is 3.58. The maximum absolute atomic E-state index is 12.8. The Morgan fingerprint density at radius 1 is 1.11 bits per heavy atom. The summed E-state index contributed by atoms with van der Waals surface area (Å²) < 4.78 is 76.8. The number of carbonyl (C=O) groups excluding carboxylic acids is 1. The highest BCUT2D eigenvalue weighted by Crippen LogP contribution is 2.36. The molecule has 0 heterocycles. The van der Waals surface area contributed by atoms with Crippen LogP contribution < -0.4 is 5.32 Å². The molecule has 0 spiro atoms. The van der Waals surface area contributed by atoms with Crippen LogP contribution in [0.25, 0.3) is 0 Å². The quantitative estimate of drug-likeness (QED) is 0.722. The van der Waals surface area contributed by atoms with Gasteiger partial charge in [0.05, 0.1) is 23.6 Å². The Morgan fingerprint density at radius 3 is 1.96 bits per heavy atom. The van der Waals surface area contributed by atoms with E-state index in [9.17, 15) is 35.9 Å². The van der Waals surface area contributed by atoms with Gasteiger partial charge < -0.3 is 10.4 Å². The van der Waals surface area contributed by atoms with Crippen LogP contribution >= 0.6 is 0 Å². The topological polar surface area (TPSA) is 90.2 Å². The Balaban J connectivity index is 3.11. The molecule has 0 aromatic heterocycles. The average Bonchev–Trinajstić information content (AvgIpc) is 2.50. The Bertz CT molecular complexity index is 720. The van der Waals surface area contributed by atoms with Crippen LogP contribution in [-0.4, -0.2) is 23.0 Å². The van der Waals surface area contributed by atoms with Gasteiger partial charge in [-0.15, -0.1) is 0 Å². The van der Waals surface area contributed by atoms with E-state index >= 15 is 0 Å². The smallest absolute Gasteiger partial charge is 0.416 e. The van der Waals surface area contributed by atoms with Crippen LogP contribution in [0.15, 0.2) is 18.2 Å². The highest BCUT2D eigenvalue weighted by Gasteiger charge is 2.37. The Labute approximate surface area is 149 Å². The van der Waals surface area contributed by atoms with E-state index in [1.54, 1.807) is 6.07 Å². The molecular weight excluding hydrogens is 382 g/mol. The minimum absolute atomic E-state index is 0.0730. The number of amides is 1. The lowest BCUT2D eigenvalue weighted by Crippen LogP contribution is -2.45. The lowest BCUT2D eigenvalue weighted by Gasteiger charge is -2.20. The molecule has 5 nitrogen and oxygen atoms in total. The summed E-state index contributed by atoms with van der Waals surface area (Å²) in [6.07, 6.45) is -11.2. The Kier molecular flexibility index (Phi) is 6.83. The van der Waals surface area contributed by atoms with Crippen molar-refractivity contribution in [1.82, 2.24) is 5.32 Å². The fourth-order valence-corrected chi connectivity index (χ4v) is 2.24. The van der Waals surface area contributed by atoms with Gasteiger partial charge in [-0.1, -0.05) is 6.92 Å². The number of carboxylic acids is 1. The first kappa shape index (κ1) is 22.3. The van der Waals surface area contributed by atoms with Gasteiger partial charge in [-0.2, -0.15) is 31.6 Å². The largest absolute Gasteiger partial charge is 0.480 e. The SMILES string of the molecule is C[C@H](CC#N)[C@H](NC(=O)Cc1cc(C(F)(F)F)cc(C(F)(F)F)c1)C(=O)O. The summed E-state index contributed by atoms with van der Waals surface area (Å²) >= 11 is 0. The van der Waals surface area contributed by atoms with Crippen LogP contribution in [0, 0.1) is 17.2 Å². The second kappa shape index (κ2) is 8.28. The molecule has 27 heavy (non-hydrogen) atoms.